The fourth-order valence-electron chi connectivity index (χ4n) is 3.81. The summed E-state index contributed by atoms with van der Waals surface area (Å²) in [5.41, 5.74) is 0.602. The molecule has 2 aliphatic rings. The van der Waals surface area contributed by atoms with E-state index in [0.29, 0.717) is 19.6 Å². The number of likely N-dealkylation sites (N-methyl/N-ethyl adjacent to an activating group) is 1. The third-order valence-electron chi connectivity index (χ3n) is 5.00. The molecule has 7 heteroatoms. The Bertz CT molecular complexity index is 630. The van der Waals surface area contributed by atoms with Gasteiger partial charge in [-0.1, -0.05) is 0 Å². The number of carbonyl (C=O) groups is 2. The highest BCUT2D eigenvalue weighted by Gasteiger charge is 2.49. The second-order valence-electron chi connectivity index (χ2n) is 7.27. The van der Waals surface area contributed by atoms with Crippen molar-refractivity contribution in [3.05, 3.63) is 16.1 Å². The monoisotopic (exact) mass is 350 g/mol. The fourth-order valence-corrected chi connectivity index (χ4v) is 4.42. The van der Waals surface area contributed by atoms with Crippen molar-refractivity contribution in [3.8, 4) is 0 Å². The van der Waals surface area contributed by atoms with E-state index in [0.717, 1.165) is 43.1 Å². The predicted octanol–water partition coefficient (Wildman–Crippen LogP) is 1.35. The number of piperidine rings is 1. The molecule has 2 aliphatic heterocycles. The third kappa shape index (κ3) is 3.47. The van der Waals surface area contributed by atoms with Crippen LogP contribution in [0, 0.1) is 12.3 Å². The van der Waals surface area contributed by atoms with Crippen molar-refractivity contribution >= 4 is 23.2 Å². The highest BCUT2D eigenvalue weighted by molar-refractivity contribution is 7.09. The average molecular weight is 350 g/mol. The Balaban J connectivity index is 1.67. The maximum absolute atomic E-state index is 13.0. The van der Waals surface area contributed by atoms with Crippen LogP contribution >= 0.6 is 11.3 Å². The van der Waals surface area contributed by atoms with E-state index in [-0.39, 0.29) is 17.2 Å². The largest absolute Gasteiger partial charge is 0.341 e. The number of aryl methyl sites for hydroxylation is 1. The summed E-state index contributed by atoms with van der Waals surface area (Å²) in [5.74, 6) is 0.330. The van der Waals surface area contributed by atoms with E-state index >= 15 is 0 Å². The maximum atomic E-state index is 13.0. The summed E-state index contributed by atoms with van der Waals surface area (Å²) in [4.78, 5) is 35.6. The van der Waals surface area contributed by atoms with Gasteiger partial charge in [0.1, 0.15) is 0 Å². The fraction of sp³-hybridized carbons (Fsp3) is 0.706. The van der Waals surface area contributed by atoms with Crippen LogP contribution in [0.4, 0.5) is 0 Å². The van der Waals surface area contributed by atoms with E-state index in [2.05, 4.69) is 4.98 Å². The number of amides is 2. The lowest BCUT2D eigenvalue weighted by Gasteiger charge is -2.39. The molecule has 0 aromatic carbocycles. The molecule has 2 saturated heterocycles. The summed E-state index contributed by atoms with van der Waals surface area (Å²) in [6, 6.07) is 0. The molecule has 1 aromatic rings. The summed E-state index contributed by atoms with van der Waals surface area (Å²) in [5, 5.41) is 3.06. The van der Waals surface area contributed by atoms with Gasteiger partial charge in [0.15, 0.2) is 0 Å². The van der Waals surface area contributed by atoms with E-state index in [4.69, 9.17) is 0 Å². The molecule has 1 aromatic heterocycles. The first-order valence-corrected chi connectivity index (χ1v) is 9.40. The first-order valence-electron chi connectivity index (χ1n) is 8.52. The lowest BCUT2D eigenvalue weighted by atomic mass is 9.78. The Kier molecular flexibility index (Phi) is 4.92. The van der Waals surface area contributed by atoms with Gasteiger partial charge in [-0.3, -0.25) is 9.59 Å². The number of thiazole rings is 1. The van der Waals surface area contributed by atoms with Gasteiger partial charge >= 0.3 is 0 Å². The minimum Gasteiger partial charge on any atom is -0.341 e. The Morgan fingerprint density at radius 3 is 2.83 bits per heavy atom. The lowest BCUT2D eigenvalue weighted by Crippen LogP contribution is -2.51. The van der Waals surface area contributed by atoms with Crippen LogP contribution in [0.1, 0.15) is 30.0 Å². The van der Waals surface area contributed by atoms with E-state index < -0.39 is 0 Å². The molecule has 132 valence electrons. The number of rotatable bonds is 4. The van der Waals surface area contributed by atoms with Crippen molar-refractivity contribution in [1.29, 1.82) is 0 Å². The minimum absolute atomic E-state index is 0.125. The van der Waals surface area contributed by atoms with Crippen molar-refractivity contribution in [2.45, 2.75) is 32.7 Å². The number of aromatic nitrogens is 1. The first kappa shape index (κ1) is 17.4. The van der Waals surface area contributed by atoms with Gasteiger partial charge in [-0.05, 0) is 40.3 Å². The zero-order chi connectivity index (χ0) is 17.3. The zero-order valence-electron chi connectivity index (χ0n) is 14.7. The van der Waals surface area contributed by atoms with Crippen LogP contribution in [0.15, 0.2) is 5.38 Å². The zero-order valence-corrected chi connectivity index (χ0v) is 15.6. The maximum Gasteiger partial charge on any atom is 0.236 e. The first-order chi connectivity index (χ1) is 11.4. The highest BCUT2D eigenvalue weighted by atomic mass is 32.1. The van der Waals surface area contributed by atoms with Crippen molar-refractivity contribution in [3.63, 3.8) is 0 Å². The molecule has 0 saturated carbocycles. The third-order valence-corrected chi connectivity index (χ3v) is 5.82. The van der Waals surface area contributed by atoms with Crippen molar-refractivity contribution in [2.75, 3.05) is 40.3 Å². The van der Waals surface area contributed by atoms with Crippen molar-refractivity contribution in [1.82, 2.24) is 19.7 Å². The summed E-state index contributed by atoms with van der Waals surface area (Å²) < 4.78 is 0. The van der Waals surface area contributed by atoms with Gasteiger partial charge in [-0.2, -0.15) is 0 Å². The SMILES string of the molecule is Cc1nc(CN2CCC3(CCCN(C(=O)CN(C)C)C3)C2=O)cs1. The Hall–Kier alpha value is -1.47. The molecule has 6 nitrogen and oxygen atoms in total. The Morgan fingerprint density at radius 2 is 2.17 bits per heavy atom. The second kappa shape index (κ2) is 6.80. The predicted molar refractivity (Wildman–Crippen MR) is 93.7 cm³/mol. The summed E-state index contributed by atoms with van der Waals surface area (Å²) in [7, 11) is 3.80. The van der Waals surface area contributed by atoms with Crippen LogP contribution < -0.4 is 0 Å². The summed E-state index contributed by atoms with van der Waals surface area (Å²) in [6.45, 7) is 5.10. The van der Waals surface area contributed by atoms with Crippen LogP contribution in [0.2, 0.25) is 0 Å². The molecule has 2 fully saturated rings. The normalized spacial score (nSPS) is 24.4. The molecule has 0 N–H and O–H groups in total. The van der Waals surface area contributed by atoms with Gasteiger partial charge in [0.05, 0.1) is 29.2 Å². The van der Waals surface area contributed by atoms with E-state index in [1.807, 2.05) is 41.1 Å². The number of hydrogen-bond acceptors (Lipinski definition) is 5. The molecule has 0 aliphatic carbocycles. The second-order valence-corrected chi connectivity index (χ2v) is 8.33. The van der Waals surface area contributed by atoms with Crippen LogP contribution in [0.25, 0.3) is 0 Å². The lowest BCUT2D eigenvalue weighted by molar-refractivity contribution is -0.144. The standard InChI is InChI=1S/C17H26N4O2S/c1-13-18-14(11-24-13)9-20-8-6-17(16(20)23)5-4-7-21(12-17)15(22)10-19(2)3/h11H,4-10,12H2,1-3H3. The molecule has 2 amide bonds. The van der Waals surface area contributed by atoms with E-state index in [1.54, 1.807) is 11.3 Å². The van der Waals surface area contributed by atoms with E-state index in [1.165, 1.54) is 0 Å². The van der Waals surface area contributed by atoms with Gasteiger partial charge in [0.2, 0.25) is 11.8 Å². The molecule has 1 atom stereocenters. The van der Waals surface area contributed by atoms with E-state index in [9.17, 15) is 9.59 Å². The smallest absolute Gasteiger partial charge is 0.236 e. The van der Waals surface area contributed by atoms with Gasteiger partial charge < -0.3 is 14.7 Å². The molecular formula is C17H26N4O2S. The Morgan fingerprint density at radius 1 is 1.38 bits per heavy atom. The highest BCUT2D eigenvalue weighted by Crippen LogP contribution is 2.40. The molecule has 1 spiro atoms. The molecule has 3 heterocycles. The molecule has 3 rings (SSSR count). The summed E-state index contributed by atoms with van der Waals surface area (Å²) >= 11 is 1.62. The number of hydrogen-bond donors (Lipinski definition) is 0. The number of nitrogens with zero attached hydrogens (tertiary/aromatic N) is 4. The van der Waals surface area contributed by atoms with Crippen LogP contribution in [-0.4, -0.2) is 71.8 Å². The van der Waals surface area contributed by atoms with Crippen LogP contribution in [0.5, 0.6) is 0 Å². The van der Waals surface area contributed by atoms with Gasteiger partial charge in [0, 0.05) is 25.0 Å². The van der Waals surface area contributed by atoms with Crippen LogP contribution in [-0.2, 0) is 16.1 Å². The Labute approximate surface area is 147 Å². The minimum atomic E-state index is -0.370. The quantitative estimate of drug-likeness (QED) is 0.823. The molecule has 24 heavy (non-hydrogen) atoms. The molecular weight excluding hydrogens is 324 g/mol. The van der Waals surface area contributed by atoms with Gasteiger partial charge in [-0.15, -0.1) is 11.3 Å². The number of likely N-dealkylation sites (tertiary alicyclic amines) is 2. The van der Waals surface area contributed by atoms with Gasteiger partial charge in [0.25, 0.3) is 0 Å². The number of carbonyl (C=O) groups excluding carboxylic acids is 2. The topological polar surface area (TPSA) is 56.8 Å². The van der Waals surface area contributed by atoms with Crippen LogP contribution in [0.3, 0.4) is 0 Å². The molecule has 0 radical (unpaired) electrons. The van der Waals surface area contributed by atoms with Crippen molar-refractivity contribution in [2.24, 2.45) is 5.41 Å². The van der Waals surface area contributed by atoms with Crippen molar-refractivity contribution < 1.29 is 9.59 Å². The molecule has 1 unspecified atom stereocenters. The van der Waals surface area contributed by atoms with Gasteiger partial charge in [-0.25, -0.2) is 4.98 Å². The average Bonchev–Trinajstić information content (AvgIpc) is 3.06. The summed E-state index contributed by atoms with van der Waals surface area (Å²) in [6.07, 6.45) is 2.65. The molecule has 0 bridgehead atoms.